The van der Waals surface area contributed by atoms with Crippen LogP contribution >= 0.6 is 0 Å². The maximum atomic E-state index is 10.2. The van der Waals surface area contributed by atoms with Gasteiger partial charge in [-0.05, 0) is 12.8 Å². The van der Waals surface area contributed by atoms with Gasteiger partial charge in [-0.2, -0.15) is 8.42 Å². The van der Waals surface area contributed by atoms with Crippen molar-refractivity contribution in [1.82, 2.24) is 4.72 Å². The summed E-state index contributed by atoms with van der Waals surface area (Å²) < 4.78 is 22.5. The highest BCUT2D eigenvalue weighted by Gasteiger charge is 1.97. The summed E-state index contributed by atoms with van der Waals surface area (Å²) in [7, 11) is -3.54. The summed E-state index contributed by atoms with van der Waals surface area (Å²) in [6, 6.07) is 0. The molecule has 0 heterocycles. The fourth-order valence-electron chi connectivity index (χ4n) is 0.451. The van der Waals surface area contributed by atoms with Gasteiger partial charge in [0.1, 0.15) is 0 Å². The minimum absolute atomic E-state index is 0.0757. The van der Waals surface area contributed by atoms with Crippen molar-refractivity contribution in [2.45, 2.75) is 12.8 Å². The van der Waals surface area contributed by atoms with E-state index in [1.165, 1.54) is 0 Å². The topological polar surface area (TPSA) is 92.4 Å². The van der Waals surface area contributed by atoms with E-state index in [0.717, 1.165) is 0 Å². The first-order chi connectivity index (χ1) is 4.56. The average molecular weight is 168 g/mol. The molecule has 4 N–H and O–H groups in total. The number of unbranched alkanes of at least 4 members (excludes halogenated alkanes) is 1. The Kier molecular flexibility index (Phi) is 4.54. The highest BCUT2D eigenvalue weighted by atomic mass is 32.2. The zero-order valence-electron chi connectivity index (χ0n) is 5.58. The van der Waals surface area contributed by atoms with Crippen molar-refractivity contribution in [3.05, 3.63) is 0 Å². The average Bonchev–Trinajstić information content (AvgIpc) is 1.78. The van der Waals surface area contributed by atoms with Gasteiger partial charge in [0.2, 0.25) is 0 Å². The summed E-state index contributed by atoms with van der Waals surface area (Å²) in [6.45, 7) is 0.367. The van der Waals surface area contributed by atoms with Crippen molar-refractivity contribution in [1.29, 1.82) is 0 Å². The Hall–Kier alpha value is -0.170. The van der Waals surface area contributed by atoms with Crippen LogP contribution in [0.2, 0.25) is 0 Å². The molecule has 6 heteroatoms. The molecule has 0 saturated carbocycles. The highest BCUT2D eigenvalue weighted by Crippen LogP contribution is 1.83. The zero-order chi connectivity index (χ0) is 8.04. The molecule has 0 aliphatic carbocycles. The molecule has 0 radical (unpaired) electrons. The lowest BCUT2D eigenvalue weighted by molar-refractivity contribution is 0.285. The molecule has 10 heavy (non-hydrogen) atoms. The van der Waals surface area contributed by atoms with Crippen molar-refractivity contribution in [2.75, 3.05) is 13.2 Å². The molecule has 0 aliphatic rings. The van der Waals surface area contributed by atoms with E-state index in [1.807, 2.05) is 0 Å². The quantitative estimate of drug-likeness (QED) is 0.438. The summed E-state index contributed by atoms with van der Waals surface area (Å²) in [5, 5.41) is 12.9. The molecular formula is C4H12N2O3S. The van der Waals surface area contributed by atoms with Gasteiger partial charge in [0, 0.05) is 13.2 Å². The van der Waals surface area contributed by atoms with Crippen LogP contribution in [0.25, 0.3) is 0 Å². The number of nitrogens with one attached hydrogen (secondary N) is 1. The number of rotatable bonds is 5. The Morgan fingerprint density at radius 1 is 1.40 bits per heavy atom. The van der Waals surface area contributed by atoms with Gasteiger partial charge in [-0.25, -0.2) is 9.86 Å². The molecule has 0 unspecified atom stereocenters. The fourth-order valence-corrected chi connectivity index (χ4v) is 0.880. The van der Waals surface area contributed by atoms with Gasteiger partial charge in [0.15, 0.2) is 0 Å². The van der Waals surface area contributed by atoms with E-state index < -0.39 is 10.2 Å². The molecule has 0 aliphatic heterocycles. The van der Waals surface area contributed by atoms with E-state index in [2.05, 4.69) is 9.86 Å². The van der Waals surface area contributed by atoms with E-state index in [1.54, 1.807) is 0 Å². The minimum atomic E-state index is -3.54. The van der Waals surface area contributed by atoms with Crippen molar-refractivity contribution in [3.63, 3.8) is 0 Å². The number of hydrogen-bond donors (Lipinski definition) is 3. The van der Waals surface area contributed by atoms with Gasteiger partial charge in [-0.1, -0.05) is 0 Å². The van der Waals surface area contributed by atoms with Crippen LogP contribution in [0.3, 0.4) is 0 Å². The first-order valence-corrected chi connectivity index (χ1v) is 4.49. The minimum Gasteiger partial charge on any atom is -0.396 e. The van der Waals surface area contributed by atoms with E-state index in [4.69, 9.17) is 5.11 Å². The van der Waals surface area contributed by atoms with Gasteiger partial charge in [0.25, 0.3) is 10.2 Å². The van der Waals surface area contributed by atoms with Crippen LogP contribution in [0.5, 0.6) is 0 Å². The molecule has 0 atom stereocenters. The maximum Gasteiger partial charge on any atom is 0.274 e. The summed E-state index contributed by atoms with van der Waals surface area (Å²) in [4.78, 5) is 0. The first kappa shape index (κ1) is 9.83. The molecule has 62 valence electrons. The zero-order valence-corrected chi connectivity index (χ0v) is 6.39. The van der Waals surface area contributed by atoms with Gasteiger partial charge >= 0.3 is 0 Å². The van der Waals surface area contributed by atoms with Crippen LogP contribution in [0.1, 0.15) is 12.8 Å². The predicted molar refractivity (Wildman–Crippen MR) is 37.4 cm³/mol. The molecule has 0 aromatic heterocycles. The van der Waals surface area contributed by atoms with E-state index in [-0.39, 0.29) is 6.61 Å². The van der Waals surface area contributed by atoms with Gasteiger partial charge < -0.3 is 5.11 Å². The molecule has 0 bridgehead atoms. The Bertz CT molecular complexity index is 165. The molecule has 0 rings (SSSR count). The van der Waals surface area contributed by atoms with Crippen LogP contribution in [0.15, 0.2) is 0 Å². The molecule has 5 nitrogen and oxygen atoms in total. The SMILES string of the molecule is NS(=O)(=O)NCCCCO. The molecule has 0 aromatic carbocycles. The first-order valence-electron chi connectivity index (χ1n) is 2.94. The smallest absolute Gasteiger partial charge is 0.274 e. The van der Waals surface area contributed by atoms with Crippen molar-refractivity contribution >= 4 is 10.2 Å². The molecule has 0 saturated heterocycles. The van der Waals surface area contributed by atoms with Crippen molar-refractivity contribution in [2.24, 2.45) is 5.14 Å². The Morgan fingerprint density at radius 3 is 2.40 bits per heavy atom. The van der Waals surface area contributed by atoms with Crippen LogP contribution < -0.4 is 9.86 Å². The number of aliphatic hydroxyl groups excluding tert-OH is 1. The Morgan fingerprint density at radius 2 is 2.00 bits per heavy atom. The second kappa shape index (κ2) is 4.62. The van der Waals surface area contributed by atoms with Crippen LogP contribution in [-0.2, 0) is 10.2 Å². The molecule has 0 spiro atoms. The van der Waals surface area contributed by atoms with E-state index in [9.17, 15) is 8.42 Å². The number of aliphatic hydroxyl groups is 1. The second-order valence-electron chi connectivity index (χ2n) is 1.87. The third-order valence-corrected chi connectivity index (χ3v) is 1.49. The van der Waals surface area contributed by atoms with Crippen LogP contribution in [0, 0.1) is 0 Å². The lowest BCUT2D eigenvalue weighted by Gasteiger charge is -1.98. The van der Waals surface area contributed by atoms with Crippen molar-refractivity contribution in [3.8, 4) is 0 Å². The van der Waals surface area contributed by atoms with E-state index in [0.29, 0.717) is 19.4 Å². The monoisotopic (exact) mass is 168 g/mol. The van der Waals surface area contributed by atoms with Gasteiger partial charge in [-0.15, -0.1) is 0 Å². The lowest BCUT2D eigenvalue weighted by atomic mass is 10.3. The fraction of sp³-hybridized carbons (Fsp3) is 1.00. The Labute approximate surface area is 60.4 Å². The molecule has 0 fully saturated rings. The molecule has 0 aromatic rings. The number of nitrogens with two attached hydrogens (primary N) is 1. The number of hydrogen-bond acceptors (Lipinski definition) is 3. The third kappa shape index (κ3) is 7.83. The maximum absolute atomic E-state index is 10.2. The Balaban J connectivity index is 3.21. The van der Waals surface area contributed by atoms with E-state index >= 15 is 0 Å². The van der Waals surface area contributed by atoms with Gasteiger partial charge in [-0.3, -0.25) is 0 Å². The summed E-state index contributed by atoms with van der Waals surface area (Å²) in [5.74, 6) is 0. The highest BCUT2D eigenvalue weighted by molar-refractivity contribution is 7.87. The molecule has 0 amide bonds. The van der Waals surface area contributed by atoms with Crippen LogP contribution in [-0.4, -0.2) is 26.7 Å². The standard InChI is InChI=1S/C4H12N2O3S/c5-10(8,9)6-3-1-2-4-7/h6-7H,1-4H2,(H2,5,8,9). The van der Waals surface area contributed by atoms with Crippen LogP contribution in [0.4, 0.5) is 0 Å². The predicted octanol–water partition coefficient (Wildman–Crippen LogP) is -1.45. The van der Waals surface area contributed by atoms with Crippen molar-refractivity contribution < 1.29 is 13.5 Å². The normalized spacial score (nSPS) is 11.8. The lowest BCUT2D eigenvalue weighted by Crippen LogP contribution is -2.31. The largest absolute Gasteiger partial charge is 0.396 e. The summed E-state index contributed by atoms with van der Waals surface area (Å²) >= 11 is 0. The summed E-state index contributed by atoms with van der Waals surface area (Å²) in [6.07, 6.45) is 1.19. The second-order valence-corrected chi connectivity index (χ2v) is 3.25. The van der Waals surface area contributed by atoms with Gasteiger partial charge in [0.05, 0.1) is 0 Å². The summed E-state index contributed by atoms with van der Waals surface area (Å²) in [5.41, 5.74) is 0. The molecular weight excluding hydrogens is 156 g/mol. The third-order valence-electron chi connectivity index (χ3n) is 0.888.